The molecule has 0 aliphatic heterocycles. The van der Waals surface area contributed by atoms with E-state index in [1.807, 2.05) is 4.90 Å². The summed E-state index contributed by atoms with van der Waals surface area (Å²) < 4.78 is 0. The minimum absolute atomic E-state index is 0.0633. The van der Waals surface area contributed by atoms with Gasteiger partial charge < -0.3 is 0 Å². The summed E-state index contributed by atoms with van der Waals surface area (Å²) in [7, 11) is -2.33. The summed E-state index contributed by atoms with van der Waals surface area (Å²) in [5, 5.41) is 23.0. The standard InChI is InChI=1S/C29H32NO2P/c31-22-20-30(21-23-32)26-18-16-25(17-19-26)24-33(27-10-4-1-5-11-27,28-12-6-2-7-13-28)29-14-8-3-9-15-29/h1-19,31-33H,20-24H2. The first kappa shape index (κ1) is 23.2. The maximum absolute atomic E-state index is 9.39. The fourth-order valence-corrected chi connectivity index (χ4v) is 9.46. The summed E-state index contributed by atoms with van der Waals surface area (Å²) in [6.45, 7) is 1.15. The van der Waals surface area contributed by atoms with Gasteiger partial charge in [0, 0.05) is 0 Å². The number of hydrogen-bond donors (Lipinski definition) is 2. The van der Waals surface area contributed by atoms with Gasteiger partial charge in [-0.2, -0.15) is 0 Å². The SMILES string of the molecule is OCCN(CCO)c1ccc(C[PH](c2ccccc2)(c2ccccc2)c2ccccc2)cc1. The molecule has 2 N–H and O–H groups in total. The van der Waals surface area contributed by atoms with E-state index < -0.39 is 7.26 Å². The molecule has 0 amide bonds. The topological polar surface area (TPSA) is 43.7 Å². The Bertz CT molecular complexity index is 1000. The van der Waals surface area contributed by atoms with E-state index in [0.717, 1.165) is 11.8 Å². The van der Waals surface area contributed by atoms with Crippen LogP contribution >= 0.6 is 7.26 Å². The van der Waals surface area contributed by atoms with Crippen LogP contribution in [0.1, 0.15) is 5.56 Å². The van der Waals surface area contributed by atoms with E-state index in [0.29, 0.717) is 13.1 Å². The van der Waals surface area contributed by atoms with Crippen LogP contribution in [0.3, 0.4) is 0 Å². The van der Waals surface area contributed by atoms with Crippen molar-refractivity contribution in [2.24, 2.45) is 0 Å². The van der Waals surface area contributed by atoms with E-state index >= 15 is 0 Å². The van der Waals surface area contributed by atoms with Crippen LogP contribution in [0.25, 0.3) is 0 Å². The predicted octanol–water partition coefficient (Wildman–Crippen LogP) is 3.70. The van der Waals surface area contributed by atoms with Crippen molar-refractivity contribution in [2.75, 3.05) is 31.2 Å². The van der Waals surface area contributed by atoms with Gasteiger partial charge in [-0.3, -0.25) is 0 Å². The Morgan fingerprint density at radius 2 is 0.909 bits per heavy atom. The summed E-state index contributed by atoms with van der Waals surface area (Å²) in [6, 6.07) is 41.5. The molecular weight excluding hydrogens is 425 g/mol. The summed E-state index contributed by atoms with van der Waals surface area (Å²) in [5.41, 5.74) is 2.31. The van der Waals surface area contributed by atoms with Gasteiger partial charge in [0.15, 0.2) is 0 Å². The zero-order valence-corrected chi connectivity index (χ0v) is 19.8. The molecule has 0 radical (unpaired) electrons. The number of hydrogen-bond acceptors (Lipinski definition) is 3. The number of aliphatic hydroxyl groups excluding tert-OH is 2. The number of nitrogens with zero attached hydrogens (tertiary/aromatic N) is 1. The Kier molecular flexibility index (Phi) is 7.91. The molecule has 0 saturated carbocycles. The van der Waals surface area contributed by atoms with E-state index in [1.165, 1.54) is 21.5 Å². The van der Waals surface area contributed by atoms with Crippen molar-refractivity contribution in [1.29, 1.82) is 0 Å². The predicted molar refractivity (Wildman–Crippen MR) is 143 cm³/mol. The van der Waals surface area contributed by atoms with Crippen molar-refractivity contribution in [3.05, 3.63) is 121 Å². The van der Waals surface area contributed by atoms with Crippen molar-refractivity contribution in [1.82, 2.24) is 0 Å². The second-order valence-electron chi connectivity index (χ2n) is 8.28. The molecule has 33 heavy (non-hydrogen) atoms. The van der Waals surface area contributed by atoms with Crippen LogP contribution in [-0.2, 0) is 6.16 Å². The van der Waals surface area contributed by atoms with Crippen molar-refractivity contribution in [2.45, 2.75) is 6.16 Å². The summed E-state index contributed by atoms with van der Waals surface area (Å²) in [6.07, 6.45) is 0.950. The summed E-state index contributed by atoms with van der Waals surface area (Å²) in [4.78, 5) is 2.01. The fourth-order valence-electron chi connectivity index (χ4n) is 4.72. The van der Waals surface area contributed by atoms with E-state index in [9.17, 15) is 10.2 Å². The van der Waals surface area contributed by atoms with Crippen LogP contribution < -0.4 is 20.8 Å². The summed E-state index contributed by atoms with van der Waals surface area (Å²) in [5.74, 6) is 0. The molecule has 4 aromatic rings. The van der Waals surface area contributed by atoms with Gasteiger partial charge in [0.1, 0.15) is 0 Å². The molecule has 0 aliphatic rings. The molecule has 3 nitrogen and oxygen atoms in total. The molecule has 0 heterocycles. The third-order valence-corrected chi connectivity index (χ3v) is 11.2. The number of anilines is 1. The van der Waals surface area contributed by atoms with Crippen molar-refractivity contribution in [3.63, 3.8) is 0 Å². The first-order valence-electron chi connectivity index (χ1n) is 11.5. The molecule has 0 bridgehead atoms. The molecule has 0 aromatic heterocycles. The van der Waals surface area contributed by atoms with Gasteiger partial charge in [-0.1, -0.05) is 0 Å². The van der Waals surface area contributed by atoms with E-state index in [4.69, 9.17) is 0 Å². The van der Waals surface area contributed by atoms with Gasteiger partial charge in [-0.05, 0) is 0 Å². The Hall–Kier alpha value is -2.97. The Labute approximate surface area is 197 Å². The van der Waals surface area contributed by atoms with Crippen LogP contribution in [0, 0.1) is 0 Å². The van der Waals surface area contributed by atoms with Gasteiger partial charge in [-0.25, -0.2) is 0 Å². The van der Waals surface area contributed by atoms with Crippen LogP contribution in [0.15, 0.2) is 115 Å². The molecule has 4 heteroatoms. The van der Waals surface area contributed by atoms with Gasteiger partial charge in [0.25, 0.3) is 0 Å². The first-order valence-corrected chi connectivity index (χ1v) is 13.7. The van der Waals surface area contributed by atoms with Gasteiger partial charge in [-0.15, -0.1) is 0 Å². The quantitative estimate of drug-likeness (QED) is 0.357. The zero-order chi connectivity index (χ0) is 22.9. The molecule has 0 saturated heterocycles. The van der Waals surface area contributed by atoms with Crippen LogP contribution in [0.5, 0.6) is 0 Å². The molecule has 4 aromatic carbocycles. The first-order chi connectivity index (χ1) is 16.3. The fraction of sp³-hybridized carbons (Fsp3) is 0.172. The van der Waals surface area contributed by atoms with E-state index in [1.54, 1.807) is 0 Å². The molecule has 170 valence electrons. The molecule has 0 fully saturated rings. The maximum atomic E-state index is 9.39. The van der Waals surface area contributed by atoms with Crippen molar-refractivity contribution in [3.8, 4) is 0 Å². The second kappa shape index (κ2) is 11.2. The van der Waals surface area contributed by atoms with Crippen LogP contribution in [-0.4, -0.2) is 36.5 Å². The normalized spacial score (nSPS) is 11.8. The monoisotopic (exact) mass is 457 g/mol. The van der Waals surface area contributed by atoms with Gasteiger partial charge >= 0.3 is 197 Å². The van der Waals surface area contributed by atoms with Gasteiger partial charge in [0.2, 0.25) is 0 Å². The van der Waals surface area contributed by atoms with Crippen molar-refractivity contribution >= 4 is 28.9 Å². The van der Waals surface area contributed by atoms with Crippen molar-refractivity contribution < 1.29 is 10.2 Å². The van der Waals surface area contributed by atoms with Gasteiger partial charge in [0.05, 0.1) is 0 Å². The molecule has 0 aliphatic carbocycles. The van der Waals surface area contributed by atoms with Crippen LogP contribution in [0.2, 0.25) is 0 Å². The molecule has 0 spiro atoms. The number of benzene rings is 4. The summed E-state index contributed by atoms with van der Waals surface area (Å²) >= 11 is 0. The average Bonchev–Trinajstić information content (AvgIpc) is 2.89. The zero-order valence-electron chi connectivity index (χ0n) is 18.8. The molecule has 0 atom stereocenters. The van der Waals surface area contributed by atoms with E-state index in [2.05, 4.69) is 115 Å². The Balaban J connectivity index is 1.81. The minimum atomic E-state index is -2.33. The molecule has 0 unspecified atom stereocenters. The Morgan fingerprint density at radius 3 is 1.27 bits per heavy atom. The average molecular weight is 458 g/mol. The Morgan fingerprint density at radius 1 is 0.515 bits per heavy atom. The number of rotatable bonds is 10. The third-order valence-electron chi connectivity index (χ3n) is 6.31. The molecular formula is C29H32NO2P. The van der Waals surface area contributed by atoms with Crippen LogP contribution in [0.4, 0.5) is 5.69 Å². The molecule has 4 rings (SSSR count). The third kappa shape index (κ3) is 5.17. The van der Waals surface area contributed by atoms with E-state index in [-0.39, 0.29) is 13.2 Å². The number of aliphatic hydroxyl groups is 2. The second-order valence-corrected chi connectivity index (χ2v) is 12.2.